The maximum absolute atomic E-state index is 9.00. The summed E-state index contributed by atoms with van der Waals surface area (Å²) in [6.07, 6.45) is 2.37. The Bertz CT molecular complexity index is 675. The zero-order valence-electron chi connectivity index (χ0n) is 12.3. The fourth-order valence-electron chi connectivity index (χ4n) is 2.46. The minimum Gasteiger partial charge on any atom is -0.376 e. The van der Waals surface area contributed by atoms with Crippen molar-refractivity contribution in [2.75, 3.05) is 6.61 Å². The number of thioether (sulfide) groups is 1. The van der Waals surface area contributed by atoms with Crippen LogP contribution in [0.15, 0.2) is 29.4 Å². The van der Waals surface area contributed by atoms with Gasteiger partial charge in [-0.1, -0.05) is 23.9 Å². The molecule has 0 unspecified atom stereocenters. The van der Waals surface area contributed by atoms with Crippen LogP contribution < -0.4 is 0 Å². The summed E-state index contributed by atoms with van der Waals surface area (Å²) in [6.45, 7) is 3.61. The van der Waals surface area contributed by atoms with Crippen molar-refractivity contribution in [1.82, 2.24) is 20.2 Å². The second kappa shape index (κ2) is 6.90. The van der Waals surface area contributed by atoms with Gasteiger partial charge < -0.3 is 4.74 Å². The van der Waals surface area contributed by atoms with E-state index in [0.717, 1.165) is 30.2 Å². The Morgan fingerprint density at radius 1 is 1.55 bits per heavy atom. The molecule has 2 atom stereocenters. The monoisotopic (exact) mass is 315 g/mol. The Morgan fingerprint density at radius 2 is 2.45 bits per heavy atom. The van der Waals surface area contributed by atoms with Gasteiger partial charge in [0.2, 0.25) is 5.16 Å². The van der Waals surface area contributed by atoms with Crippen molar-refractivity contribution in [1.29, 1.82) is 5.26 Å². The lowest BCUT2D eigenvalue weighted by Gasteiger charge is -2.13. The first-order valence-electron chi connectivity index (χ1n) is 7.31. The molecule has 114 valence electrons. The van der Waals surface area contributed by atoms with E-state index >= 15 is 0 Å². The van der Waals surface area contributed by atoms with Crippen molar-refractivity contribution >= 4 is 11.8 Å². The molecule has 0 amide bonds. The van der Waals surface area contributed by atoms with E-state index in [9.17, 15) is 0 Å². The molecule has 1 fully saturated rings. The van der Waals surface area contributed by atoms with Crippen molar-refractivity contribution in [3.63, 3.8) is 0 Å². The van der Waals surface area contributed by atoms with Crippen LogP contribution in [0.5, 0.6) is 0 Å². The molecule has 0 aliphatic carbocycles. The van der Waals surface area contributed by atoms with Crippen LogP contribution in [0.1, 0.15) is 36.1 Å². The summed E-state index contributed by atoms with van der Waals surface area (Å²) >= 11 is 1.59. The highest BCUT2D eigenvalue weighted by molar-refractivity contribution is 7.99. The average molecular weight is 315 g/mol. The third kappa shape index (κ3) is 3.46. The molecule has 3 rings (SSSR count). The van der Waals surface area contributed by atoms with Crippen LogP contribution in [-0.4, -0.2) is 32.9 Å². The summed E-state index contributed by atoms with van der Waals surface area (Å²) in [5, 5.41) is 21.9. The molecule has 2 heterocycles. The average Bonchev–Trinajstić information content (AvgIpc) is 3.20. The van der Waals surface area contributed by atoms with E-state index in [1.54, 1.807) is 11.8 Å². The highest BCUT2D eigenvalue weighted by atomic mass is 32.2. The number of benzene rings is 1. The zero-order chi connectivity index (χ0) is 15.4. The molecule has 2 aromatic rings. The van der Waals surface area contributed by atoms with Crippen LogP contribution in [0.3, 0.4) is 0 Å². The summed E-state index contributed by atoms with van der Waals surface area (Å²) < 4.78 is 7.45. The zero-order valence-corrected chi connectivity index (χ0v) is 13.2. The molecule has 0 bridgehead atoms. The van der Waals surface area contributed by atoms with E-state index in [1.165, 1.54) is 0 Å². The molecule has 1 aliphatic heterocycles. The Labute approximate surface area is 133 Å². The van der Waals surface area contributed by atoms with Crippen molar-refractivity contribution in [3.05, 3.63) is 35.4 Å². The Hall–Kier alpha value is -1.91. The lowest BCUT2D eigenvalue weighted by molar-refractivity contribution is 0.0911. The van der Waals surface area contributed by atoms with Gasteiger partial charge in [0, 0.05) is 11.9 Å². The highest BCUT2D eigenvalue weighted by Crippen LogP contribution is 2.33. The van der Waals surface area contributed by atoms with Crippen LogP contribution in [0.4, 0.5) is 0 Å². The number of nitriles is 1. The fraction of sp³-hybridized carbons (Fsp3) is 0.467. The molecule has 1 aromatic carbocycles. The summed E-state index contributed by atoms with van der Waals surface area (Å²) in [7, 11) is 0. The third-order valence-electron chi connectivity index (χ3n) is 3.67. The lowest BCUT2D eigenvalue weighted by atomic mass is 10.1. The van der Waals surface area contributed by atoms with Gasteiger partial charge in [-0.25, -0.2) is 4.68 Å². The summed E-state index contributed by atoms with van der Waals surface area (Å²) in [6, 6.07) is 9.81. The molecule has 0 spiro atoms. The topological polar surface area (TPSA) is 76.6 Å². The molecule has 6 nitrogen and oxygen atoms in total. The predicted octanol–water partition coefficient (Wildman–Crippen LogP) is 2.58. The molecule has 22 heavy (non-hydrogen) atoms. The fourth-order valence-corrected chi connectivity index (χ4v) is 3.38. The molecular weight excluding hydrogens is 298 g/mol. The van der Waals surface area contributed by atoms with Gasteiger partial charge in [0.25, 0.3) is 0 Å². The second-order valence-electron chi connectivity index (χ2n) is 5.28. The number of hydrogen-bond donors (Lipinski definition) is 0. The smallest absolute Gasteiger partial charge is 0.209 e. The van der Waals surface area contributed by atoms with Crippen molar-refractivity contribution in [3.8, 4) is 6.07 Å². The molecule has 7 heteroatoms. The van der Waals surface area contributed by atoms with Gasteiger partial charge in [-0.3, -0.25) is 0 Å². The Morgan fingerprint density at radius 3 is 3.23 bits per heavy atom. The van der Waals surface area contributed by atoms with Gasteiger partial charge in [0.05, 0.1) is 24.3 Å². The maximum atomic E-state index is 9.00. The van der Waals surface area contributed by atoms with Crippen LogP contribution in [-0.2, 0) is 11.3 Å². The molecular formula is C15H17N5OS. The molecule has 0 saturated carbocycles. The van der Waals surface area contributed by atoms with Gasteiger partial charge in [-0.2, -0.15) is 5.26 Å². The van der Waals surface area contributed by atoms with Gasteiger partial charge >= 0.3 is 0 Å². The number of aromatic nitrogens is 4. The first kappa shape index (κ1) is 15.0. The van der Waals surface area contributed by atoms with E-state index in [2.05, 4.69) is 28.5 Å². The third-order valence-corrected chi connectivity index (χ3v) is 4.80. The van der Waals surface area contributed by atoms with Crippen LogP contribution in [0, 0.1) is 11.3 Å². The first-order chi connectivity index (χ1) is 10.8. The van der Waals surface area contributed by atoms with Crippen LogP contribution >= 0.6 is 11.8 Å². The van der Waals surface area contributed by atoms with Gasteiger partial charge in [-0.05, 0) is 47.9 Å². The first-order valence-corrected chi connectivity index (χ1v) is 8.18. The van der Waals surface area contributed by atoms with E-state index in [4.69, 9.17) is 10.00 Å². The van der Waals surface area contributed by atoms with E-state index in [1.807, 2.05) is 28.9 Å². The van der Waals surface area contributed by atoms with Gasteiger partial charge in [0.15, 0.2) is 0 Å². The Balaban J connectivity index is 1.70. The predicted molar refractivity (Wildman–Crippen MR) is 82.2 cm³/mol. The lowest BCUT2D eigenvalue weighted by Crippen LogP contribution is -2.17. The minimum atomic E-state index is 0.169. The Kier molecular flexibility index (Phi) is 4.71. The number of rotatable bonds is 5. The second-order valence-corrected chi connectivity index (χ2v) is 6.58. The quantitative estimate of drug-likeness (QED) is 0.789. The van der Waals surface area contributed by atoms with Crippen molar-refractivity contribution in [2.24, 2.45) is 0 Å². The largest absolute Gasteiger partial charge is 0.376 e. The highest BCUT2D eigenvalue weighted by Gasteiger charge is 2.20. The van der Waals surface area contributed by atoms with E-state index in [-0.39, 0.29) is 11.4 Å². The number of hydrogen-bond acceptors (Lipinski definition) is 6. The number of tetrazole rings is 1. The summed E-state index contributed by atoms with van der Waals surface area (Å²) in [4.78, 5) is 0. The van der Waals surface area contributed by atoms with Crippen molar-refractivity contribution < 1.29 is 4.74 Å². The minimum absolute atomic E-state index is 0.169. The van der Waals surface area contributed by atoms with Gasteiger partial charge in [0.1, 0.15) is 0 Å². The van der Waals surface area contributed by atoms with Crippen LogP contribution in [0.25, 0.3) is 0 Å². The standard InChI is InChI=1S/C15H17N5OS/c1-11(13-5-2-4-12(8-13)9-16)22-15-17-18-19-20(15)10-14-6-3-7-21-14/h2,4-5,8,11,14H,3,6-7,10H2,1H3/t11-,14-/m0/s1. The van der Waals surface area contributed by atoms with E-state index < -0.39 is 0 Å². The number of ether oxygens (including phenoxy) is 1. The summed E-state index contributed by atoms with van der Waals surface area (Å²) in [5.74, 6) is 0. The molecule has 0 N–H and O–H groups in total. The maximum Gasteiger partial charge on any atom is 0.209 e. The summed E-state index contributed by atoms with van der Waals surface area (Å²) in [5.41, 5.74) is 1.76. The normalized spacial score (nSPS) is 19.0. The number of nitrogens with zero attached hydrogens (tertiary/aromatic N) is 5. The molecule has 1 aromatic heterocycles. The van der Waals surface area contributed by atoms with E-state index in [0.29, 0.717) is 12.1 Å². The van der Waals surface area contributed by atoms with Gasteiger partial charge in [-0.15, -0.1) is 5.10 Å². The molecule has 0 radical (unpaired) electrons. The SMILES string of the molecule is C[C@H](Sc1nnnn1C[C@@H]1CCCO1)c1cccc(C#N)c1. The van der Waals surface area contributed by atoms with Crippen LogP contribution in [0.2, 0.25) is 0 Å². The van der Waals surface area contributed by atoms with Crippen molar-refractivity contribution in [2.45, 2.75) is 42.8 Å². The molecule has 1 saturated heterocycles. The molecule has 1 aliphatic rings.